The molecule has 1 aliphatic rings. The number of rotatable bonds is 8. The van der Waals surface area contributed by atoms with Crippen LogP contribution in [0.4, 0.5) is 0 Å². The van der Waals surface area contributed by atoms with E-state index in [1.165, 1.54) is 0 Å². The fourth-order valence-electron chi connectivity index (χ4n) is 4.20. The van der Waals surface area contributed by atoms with Crippen molar-refractivity contribution < 1.29 is 23.8 Å². The molecular formula is C26H34N2O5. The molecule has 1 aliphatic heterocycles. The molecule has 2 amide bonds. The molecule has 7 heteroatoms. The lowest BCUT2D eigenvalue weighted by molar-refractivity contribution is -0.125. The van der Waals surface area contributed by atoms with Gasteiger partial charge in [0.1, 0.15) is 0 Å². The Bertz CT molecular complexity index is 962. The van der Waals surface area contributed by atoms with Crippen molar-refractivity contribution in [3.63, 3.8) is 0 Å². The smallest absolute Gasteiger partial charge is 0.253 e. The van der Waals surface area contributed by atoms with Gasteiger partial charge < -0.3 is 24.4 Å². The van der Waals surface area contributed by atoms with E-state index in [1.54, 1.807) is 26.2 Å². The number of methoxy groups -OCH3 is 3. The number of benzene rings is 2. The van der Waals surface area contributed by atoms with Gasteiger partial charge in [-0.2, -0.15) is 0 Å². The molecule has 33 heavy (non-hydrogen) atoms. The van der Waals surface area contributed by atoms with Crippen molar-refractivity contribution in [1.82, 2.24) is 10.2 Å². The second-order valence-electron chi connectivity index (χ2n) is 8.89. The highest BCUT2D eigenvalue weighted by molar-refractivity contribution is 5.95. The van der Waals surface area contributed by atoms with Gasteiger partial charge >= 0.3 is 0 Å². The molecular weight excluding hydrogens is 420 g/mol. The van der Waals surface area contributed by atoms with Crippen molar-refractivity contribution >= 4 is 11.8 Å². The molecule has 1 fully saturated rings. The maximum Gasteiger partial charge on any atom is 0.253 e. The van der Waals surface area contributed by atoms with Gasteiger partial charge in [0.25, 0.3) is 5.91 Å². The van der Waals surface area contributed by atoms with Gasteiger partial charge in [-0.25, -0.2) is 0 Å². The summed E-state index contributed by atoms with van der Waals surface area (Å²) in [7, 11) is 4.69. The first-order valence-electron chi connectivity index (χ1n) is 11.2. The Kier molecular flexibility index (Phi) is 7.84. The molecule has 0 radical (unpaired) electrons. The summed E-state index contributed by atoms with van der Waals surface area (Å²) in [5.74, 6) is 1.15. The Morgan fingerprint density at radius 2 is 1.61 bits per heavy atom. The first-order valence-corrected chi connectivity index (χ1v) is 11.2. The molecule has 0 spiro atoms. The third-order valence-electron chi connectivity index (χ3n) is 6.04. The van der Waals surface area contributed by atoms with Crippen LogP contribution in [0.5, 0.6) is 17.2 Å². The molecule has 0 bridgehead atoms. The third kappa shape index (κ3) is 5.41. The number of nitrogens with zero attached hydrogens (tertiary/aromatic N) is 1. The first kappa shape index (κ1) is 24.4. The summed E-state index contributed by atoms with van der Waals surface area (Å²) in [6, 6.07) is 11.2. The highest BCUT2D eigenvalue weighted by atomic mass is 16.5. The number of carbonyl (C=O) groups is 2. The number of amides is 2. The van der Waals surface area contributed by atoms with E-state index >= 15 is 0 Å². The average molecular weight is 455 g/mol. The molecule has 1 heterocycles. The van der Waals surface area contributed by atoms with Gasteiger partial charge in [-0.1, -0.05) is 31.5 Å². The quantitative estimate of drug-likeness (QED) is 0.659. The van der Waals surface area contributed by atoms with Crippen molar-refractivity contribution in [1.29, 1.82) is 0 Å². The van der Waals surface area contributed by atoms with Gasteiger partial charge in [-0.3, -0.25) is 9.59 Å². The first-order chi connectivity index (χ1) is 15.8. The van der Waals surface area contributed by atoms with Crippen molar-refractivity contribution in [3.05, 3.63) is 53.1 Å². The van der Waals surface area contributed by atoms with Gasteiger partial charge in [-0.05, 0) is 42.7 Å². The fraction of sp³-hybridized carbons (Fsp3) is 0.462. The third-order valence-corrected chi connectivity index (χ3v) is 6.04. The molecule has 1 saturated heterocycles. The second kappa shape index (κ2) is 10.6. The molecule has 178 valence electrons. The van der Waals surface area contributed by atoms with Crippen molar-refractivity contribution in [2.75, 3.05) is 41.0 Å². The predicted molar refractivity (Wildman–Crippen MR) is 127 cm³/mol. The number of carbonyl (C=O) groups excluding carboxylic acids is 2. The van der Waals surface area contributed by atoms with Crippen LogP contribution in [0.25, 0.3) is 0 Å². The standard InChI is InChI=1S/C26H34N2O5/c1-16(2)13-27-25(29)21-15-28(26(30)18-9-7-17(3)8-10-18)14-20(21)19-11-22(31-4)24(33-6)23(12-19)32-5/h7-12,16,20-21H,13-15H2,1-6H3,(H,27,29)/t20-,21-/m1/s1. The summed E-state index contributed by atoms with van der Waals surface area (Å²) < 4.78 is 16.5. The zero-order valence-corrected chi connectivity index (χ0v) is 20.3. The highest BCUT2D eigenvalue weighted by Crippen LogP contribution is 2.43. The number of hydrogen-bond acceptors (Lipinski definition) is 5. The summed E-state index contributed by atoms with van der Waals surface area (Å²) in [6.45, 7) is 7.45. The number of likely N-dealkylation sites (tertiary alicyclic amines) is 1. The van der Waals surface area contributed by atoms with Crippen molar-refractivity contribution in [2.24, 2.45) is 11.8 Å². The minimum absolute atomic E-state index is 0.0540. The van der Waals surface area contributed by atoms with Gasteiger partial charge in [0.05, 0.1) is 27.2 Å². The molecule has 7 nitrogen and oxygen atoms in total. The molecule has 2 aromatic carbocycles. The molecule has 1 N–H and O–H groups in total. The van der Waals surface area contributed by atoms with E-state index in [2.05, 4.69) is 19.2 Å². The Morgan fingerprint density at radius 1 is 1.00 bits per heavy atom. The van der Waals surface area contributed by atoms with Gasteiger partial charge in [0, 0.05) is 31.1 Å². The second-order valence-corrected chi connectivity index (χ2v) is 8.89. The molecule has 0 saturated carbocycles. The van der Waals surface area contributed by atoms with E-state index in [4.69, 9.17) is 14.2 Å². The van der Waals surface area contributed by atoms with Crippen LogP contribution in [0.15, 0.2) is 36.4 Å². The van der Waals surface area contributed by atoms with Gasteiger partial charge in [0.2, 0.25) is 11.7 Å². The number of ether oxygens (including phenoxy) is 3. The molecule has 3 rings (SSSR count). The van der Waals surface area contributed by atoms with E-state index in [1.807, 2.05) is 43.3 Å². The number of hydrogen-bond donors (Lipinski definition) is 1. The van der Waals surface area contributed by atoms with E-state index < -0.39 is 0 Å². The Hall–Kier alpha value is -3.22. The lowest BCUT2D eigenvalue weighted by atomic mass is 9.87. The summed E-state index contributed by atoms with van der Waals surface area (Å²) in [6.07, 6.45) is 0. The minimum Gasteiger partial charge on any atom is -0.493 e. The Labute approximate surface area is 196 Å². The van der Waals surface area contributed by atoms with Gasteiger partial charge in [0.15, 0.2) is 11.5 Å². The monoisotopic (exact) mass is 454 g/mol. The van der Waals surface area contributed by atoms with Crippen LogP contribution in [0.2, 0.25) is 0 Å². The van der Waals surface area contributed by atoms with E-state index in [-0.39, 0.29) is 23.7 Å². The summed E-state index contributed by atoms with van der Waals surface area (Å²) in [5.41, 5.74) is 2.58. The molecule has 0 unspecified atom stereocenters. The van der Waals surface area contributed by atoms with Crippen molar-refractivity contribution in [3.8, 4) is 17.2 Å². The van der Waals surface area contributed by atoms with Gasteiger partial charge in [-0.15, -0.1) is 0 Å². The minimum atomic E-state index is -0.388. The van der Waals surface area contributed by atoms with Crippen LogP contribution >= 0.6 is 0 Å². The molecule has 2 atom stereocenters. The van der Waals surface area contributed by atoms with Crippen LogP contribution in [-0.2, 0) is 4.79 Å². The summed E-state index contributed by atoms with van der Waals surface area (Å²) in [4.78, 5) is 28.2. The molecule has 0 aliphatic carbocycles. The predicted octanol–water partition coefficient (Wildman–Crippen LogP) is 3.65. The Balaban J connectivity index is 1.96. The number of nitrogens with one attached hydrogen (secondary N) is 1. The zero-order valence-electron chi connectivity index (χ0n) is 20.3. The highest BCUT2D eigenvalue weighted by Gasteiger charge is 2.41. The Morgan fingerprint density at radius 3 is 2.12 bits per heavy atom. The van der Waals surface area contributed by atoms with E-state index in [0.29, 0.717) is 48.4 Å². The van der Waals surface area contributed by atoms with Crippen LogP contribution in [-0.4, -0.2) is 57.7 Å². The lowest BCUT2D eigenvalue weighted by Gasteiger charge is -2.21. The fourth-order valence-corrected chi connectivity index (χ4v) is 4.20. The summed E-state index contributed by atoms with van der Waals surface area (Å²) in [5, 5.41) is 3.05. The van der Waals surface area contributed by atoms with E-state index in [0.717, 1.165) is 11.1 Å². The maximum atomic E-state index is 13.2. The lowest BCUT2D eigenvalue weighted by Crippen LogP contribution is -2.37. The van der Waals surface area contributed by atoms with Crippen molar-refractivity contribution in [2.45, 2.75) is 26.7 Å². The SMILES string of the molecule is COc1cc([C@H]2CN(C(=O)c3ccc(C)cc3)C[C@H]2C(=O)NCC(C)C)cc(OC)c1OC. The van der Waals surface area contributed by atoms with Crippen LogP contribution in [0.1, 0.15) is 41.3 Å². The van der Waals surface area contributed by atoms with Crippen LogP contribution in [0.3, 0.4) is 0 Å². The van der Waals surface area contributed by atoms with Crippen LogP contribution < -0.4 is 19.5 Å². The van der Waals surface area contributed by atoms with Crippen LogP contribution in [0, 0.1) is 18.8 Å². The largest absolute Gasteiger partial charge is 0.493 e. The van der Waals surface area contributed by atoms with E-state index in [9.17, 15) is 9.59 Å². The average Bonchev–Trinajstić information content (AvgIpc) is 3.27. The zero-order chi connectivity index (χ0) is 24.1. The molecule has 2 aromatic rings. The number of aryl methyl sites for hydroxylation is 1. The molecule has 0 aromatic heterocycles. The summed E-state index contributed by atoms with van der Waals surface area (Å²) >= 11 is 0. The topological polar surface area (TPSA) is 77.1 Å². The normalized spacial score (nSPS) is 17.7. The maximum absolute atomic E-state index is 13.2.